The fourth-order valence-electron chi connectivity index (χ4n) is 2.62. The SMILES string of the molecule is CCc1nc2ccc(Br)cn2c1C(=O)Nc1ccccc1C(=O)OC. The van der Waals surface area contributed by atoms with Crippen molar-refractivity contribution < 1.29 is 14.3 Å². The highest BCUT2D eigenvalue weighted by Gasteiger charge is 2.20. The van der Waals surface area contributed by atoms with Crippen LogP contribution in [-0.4, -0.2) is 28.4 Å². The van der Waals surface area contributed by atoms with Crippen molar-refractivity contribution >= 4 is 39.1 Å². The van der Waals surface area contributed by atoms with Crippen LogP contribution in [0, 0.1) is 0 Å². The summed E-state index contributed by atoms with van der Waals surface area (Å²) in [5.41, 5.74) is 2.51. The minimum absolute atomic E-state index is 0.298. The number of esters is 1. The van der Waals surface area contributed by atoms with Gasteiger partial charge in [0.15, 0.2) is 0 Å². The smallest absolute Gasteiger partial charge is 0.339 e. The molecule has 2 aromatic heterocycles. The molecule has 128 valence electrons. The van der Waals surface area contributed by atoms with E-state index in [2.05, 4.69) is 26.2 Å². The number of aromatic nitrogens is 2. The molecule has 1 amide bonds. The predicted molar refractivity (Wildman–Crippen MR) is 98.0 cm³/mol. The minimum Gasteiger partial charge on any atom is -0.465 e. The molecule has 0 saturated carbocycles. The second-order valence-corrected chi connectivity index (χ2v) is 6.24. The summed E-state index contributed by atoms with van der Waals surface area (Å²) in [6.45, 7) is 1.94. The first-order valence-electron chi connectivity index (χ1n) is 7.70. The first kappa shape index (κ1) is 17.2. The van der Waals surface area contributed by atoms with Crippen molar-refractivity contribution in [2.45, 2.75) is 13.3 Å². The zero-order chi connectivity index (χ0) is 18.0. The highest BCUT2D eigenvalue weighted by molar-refractivity contribution is 9.10. The number of carbonyl (C=O) groups excluding carboxylic acids is 2. The molecule has 0 aliphatic rings. The molecule has 0 unspecified atom stereocenters. The number of carbonyl (C=O) groups is 2. The number of imidazole rings is 1. The molecule has 0 radical (unpaired) electrons. The van der Waals surface area contributed by atoms with Crippen LogP contribution in [0.1, 0.15) is 33.5 Å². The average molecular weight is 402 g/mol. The molecule has 3 aromatic rings. The minimum atomic E-state index is -0.507. The van der Waals surface area contributed by atoms with E-state index >= 15 is 0 Å². The van der Waals surface area contributed by atoms with Gasteiger partial charge in [0.1, 0.15) is 11.3 Å². The maximum absolute atomic E-state index is 12.9. The van der Waals surface area contributed by atoms with E-state index in [4.69, 9.17) is 4.74 Å². The van der Waals surface area contributed by atoms with Gasteiger partial charge in [-0.25, -0.2) is 9.78 Å². The molecule has 0 saturated heterocycles. The lowest BCUT2D eigenvalue weighted by molar-refractivity contribution is 0.0602. The number of pyridine rings is 1. The van der Waals surface area contributed by atoms with E-state index in [1.807, 2.05) is 19.1 Å². The van der Waals surface area contributed by atoms with Crippen LogP contribution in [0.4, 0.5) is 5.69 Å². The topological polar surface area (TPSA) is 72.7 Å². The molecule has 0 bridgehead atoms. The Hall–Kier alpha value is -2.67. The van der Waals surface area contributed by atoms with Gasteiger partial charge in [0, 0.05) is 10.7 Å². The zero-order valence-electron chi connectivity index (χ0n) is 13.7. The van der Waals surface area contributed by atoms with Crippen molar-refractivity contribution in [2.24, 2.45) is 0 Å². The Kier molecular flexibility index (Phi) is 4.85. The molecule has 0 aliphatic carbocycles. The summed E-state index contributed by atoms with van der Waals surface area (Å²) in [6, 6.07) is 10.4. The normalized spacial score (nSPS) is 10.7. The van der Waals surface area contributed by atoms with Crippen molar-refractivity contribution in [3.8, 4) is 0 Å². The van der Waals surface area contributed by atoms with Crippen LogP contribution >= 0.6 is 15.9 Å². The summed E-state index contributed by atoms with van der Waals surface area (Å²) < 4.78 is 7.34. The third-order valence-electron chi connectivity index (χ3n) is 3.79. The number of nitrogens with one attached hydrogen (secondary N) is 1. The van der Waals surface area contributed by atoms with E-state index in [1.165, 1.54) is 7.11 Å². The first-order valence-corrected chi connectivity index (χ1v) is 8.49. The van der Waals surface area contributed by atoms with Crippen LogP contribution in [0.25, 0.3) is 5.65 Å². The molecule has 0 aliphatic heterocycles. The third-order valence-corrected chi connectivity index (χ3v) is 4.25. The lowest BCUT2D eigenvalue weighted by Crippen LogP contribution is -2.18. The van der Waals surface area contributed by atoms with Gasteiger partial charge in [-0.3, -0.25) is 9.20 Å². The van der Waals surface area contributed by atoms with Gasteiger partial charge in [0.05, 0.1) is 24.1 Å². The largest absolute Gasteiger partial charge is 0.465 e. The van der Waals surface area contributed by atoms with Crippen LogP contribution in [-0.2, 0) is 11.2 Å². The fourth-order valence-corrected chi connectivity index (χ4v) is 2.95. The molecule has 1 aromatic carbocycles. The Morgan fingerprint density at radius 1 is 1.24 bits per heavy atom. The zero-order valence-corrected chi connectivity index (χ0v) is 15.3. The van der Waals surface area contributed by atoms with Gasteiger partial charge in [0.2, 0.25) is 0 Å². The van der Waals surface area contributed by atoms with E-state index in [0.717, 1.165) is 4.47 Å². The summed E-state index contributed by atoms with van der Waals surface area (Å²) >= 11 is 3.41. The number of nitrogens with zero attached hydrogens (tertiary/aromatic N) is 2. The van der Waals surface area contributed by atoms with Crippen molar-refractivity contribution in [2.75, 3.05) is 12.4 Å². The molecule has 0 atom stereocenters. The van der Waals surface area contributed by atoms with Crippen LogP contribution in [0.3, 0.4) is 0 Å². The Morgan fingerprint density at radius 3 is 2.72 bits per heavy atom. The summed E-state index contributed by atoms with van der Waals surface area (Å²) in [7, 11) is 1.30. The number of fused-ring (bicyclic) bond motifs is 1. The monoisotopic (exact) mass is 401 g/mol. The number of halogens is 1. The molecule has 7 heteroatoms. The van der Waals surface area contributed by atoms with Crippen LogP contribution in [0.15, 0.2) is 47.1 Å². The lowest BCUT2D eigenvalue weighted by atomic mass is 10.1. The fraction of sp³-hybridized carbons (Fsp3) is 0.167. The number of ether oxygens (including phenoxy) is 1. The molecule has 0 fully saturated rings. The van der Waals surface area contributed by atoms with E-state index in [9.17, 15) is 9.59 Å². The van der Waals surface area contributed by atoms with Crippen LogP contribution < -0.4 is 5.32 Å². The number of para-hydroxylation sites is 1. The number of amides is 1. The molecule has 0 spiro atoms. The standard InChI is InChI=1S/C18H16BrN3O3/c1-3-13-16(22-10-11(19)8-9-15(22)20-13)17(23)21-14-7-5-4-6-12(14)18(24)25-2/h4-10H,3H2,1-2H3,(H,21,23). The first-order chi connectivity index (χ1) is 12.0. The van der Waals surface area contributed by atoms with Crippen LogP contribution in [0.2, 0.25) is 0 Å². The van der Waals surface area contributed by atoms with Gasteiger partial charge in [-0.05, 0) is 46.6 Å². The number of anilines is 1. The molecule has 3 rings (SSSR count). The summed E-state index contributed by atoms with van der Waals surface area (Å²) in [4.78, 5) is 29.3. The van der Waals surface area contributed by atoms with Crippen molar-refractivity contribution in [3.63, 3.8) is 0 Å². The lowest BCUT2D eigenvalue weighted by Gasteiger charge is -2.10. The predicted octanol–water partition coefficient (Wildman–Crippen LogP) is 3.70. The molecule has 6 nitrogen and oxygen atoms in total. The van der Waals surface area contributed by atoms with Gasteiger partial charge in [0.25, 0.3) is 5.91 Å². The number of hydrogen-bond donors (Lipinski definition) is 1. The Bertz CT molecular complexity index is 965. The summed E-state index contributed by atoms with van der Waals surface area (Å²) in [6.07, 6.45) is 2.41. The molecule has 2 heterocycles. The van der Waals surface area contributed by atoms with Gasteiger partial charge >= 0.3 is 5.97 Å². The maximum atomic E-state index is 12.9. The molecule has 25 heavy (non-hydrogen) atoms. The maximum Gasteiger partial charge on any atom is 0.339 e. The Balaban J connectivity index is 2.04. The van der Waals surface area contributed by atoms with Crippen molar-refractivity contribution in [1.29, 1.82) is 0 Å². The van der Waals surface area contributed by atoms with Gasteiger partial charge in [-0.1, -0.05) is 19.1 Å². The Labute approximate surface area is 153 Å². The second kappa shape index (κ2) is 7.06. The Morgan fingerprint density at radius 2 is 2.00 bits per heavy atom. The van der Waals surface area contributed by atoms with Crippen LogP contribution in [0.5, 0.6) is 0 Å². The number of hydrogen-bond acceptors (Lipinski definition) is 4. The highest BCUT2D eigenvalue weighted by atomic mass is 79.9. The number of aryl methyl sites for hydroxylation is 1. The number of rotatable bonds is 4. The van der Waals surface area contributed by atoms with Crippen molar-refractivity contribution in [1.82, 2.24) is 9.38 Å². The summed E-state index contributed by atoms with van der Waals surface area (Å²) in [5, 5.41) is 2.80. The third kappa shape index (κ3) is 3.28. The quantitative estimate of drug-likeness (QED) is 0.676. The van der Waals surface area contributed by atoms with E-state index in [1.54, 1.807) is 34.9 Å². The average Bonchev–Trinajstić information content (AvgIpc) is 2.99. The second-order valence-electron chi connectivity index (χ2n) is 5.33. The molecular weight excluding hydrogens is 386 g/mol. The molecule has 1 N–H and O–H groups in total. The number of methoxy groups -OCH3 is 1. The van der Waals surface area contributed by atoms with E-state index in [-0.39, 0.29) is 5.91 Å². The number of benzene rings is 1. The van der Waals surface area contributed by atoms with Gasteiger partial charge in [-0.15, -0.1) is 0 Å². The summed E-state index contributed by atoms with van der Waals surface area (Å²) in [5.74, 6) is -0.841. The van der Waals surface area contributed by atoms with E-state index in [0.29, 0.717) is 34.7 Å². The van der Waals surface area contributed by atoms with Crippen molar-refractivity contribution in [3.05, 3.63) is 64.0 Å². The van der Waals surface area contributed by atoms with Gasteiger partial charge < -0.3 is 10.1 Å². The van der Waals surface area contributed by atoms with E-state index < -0.39 is 5.97 Å². The highest BCUT2D eigenvalue weighted by Crippen LogP contribution is 2.21. The van der Waals surface area contributed by atoms with Gasteiger partial charge in [-0.2, -0.15) is 0 Å². The molecular formula is C18H16BrN3O3.